The van der Waals surface area contributed by atoms with E-state index >= 15 is 0 Å². The Bertz CT molecular complexity index is 3200. The zero-order valence-corrected chi connectivity index (χ0v) is 29.9. The van der Waals surface area contributed by atoms with Gasteiger partial charge in [-0.2, -0.15) is 0 Å². The monoisotopic (exact) mass is 702 g/mol. The van der Waals surface area contributed by atoms with Gasteiger partial charge in [0.25, 0.3) is 0 Å². The summed E-state index contributed by atoms with van der Waals surface area (Å²) in [6.45, 7) is 0. The molecule has 0 saturated carbocycles. The van der Waals surface area contributed by atoms with Crippen molar-refractivity contribution in [3.8, 4) is 27.9 Å². The second-order valence-electron chi connectivity index (χ2n) is 14.1. The molecule has 2 aromatic heterocycles. The Morgan fingerprint density at radius 2 is 1.05 bits per heavy atom. The topological polar surface area (TPSA) is 21.3 Å². The molecule has 0 spiro atoms. The van der Waals surface area contributed by atoms with Gasteiger partial charge in [0.05, 0.1) is 22.1 Å². The lowest BCUT2D eigenvalue weighted by Gasteiger charge is -2.27. The fourth-order valence-corrected chi connectivity index (χ4v) is 8.55. The quantitative estimate of drug-likeness (QED) is 0.172. The van der Waals surface area contributed by atoms with E-state index in [1.165, 1.54) is 49.3 Å². The molecule has 55 heavy (non-hydrogen) atoms. The molecule has 0 atom stereocenters. The Morgan fingerprint density at radius 3 is 1.95 bits per heavy atom. The zero-order chi connectivity index (χ0) is 36.3. The van der Waals surface area contributed by atoms with E-state index in [9.17, 15) is 0 Å². The predicted octanol–water partition coefficient (Wildman–Crippen LogP) is 14.6. The SMILES string of the molecule is c1ccc(-n2c3ccccc3c3cccc(-c4cccc(N(c5ccc(-c6cccc7ccccc67)cc5)c5cccc6oc7ccccc7c56)c4)c32)cc1. The fourth-order valence-electron chi connectivity index (χ4n) is 8.55. The Labute approximate surface area is 318 Å². The maximum atomic E-state index is 6.43. The van der Waals surface area contributed by atoms with Crippen molar-refractivity contribution < 1.29 is 4.42 Å². The van der Waals surface area contributed by atoms with Crippen molar-refractivity contribution in [2.45, 2.75) is 0 Å². The second kappa shape index (κ2) is 12.6. The number of hydrogen-bond donors (Lipinski definition) is 0. The molecule has 0 bridgehead atoms. The van der Waals surface area contributed by atoms with Crippen molar-refractivity contribution in [2.24, 2.45) is 0 Å². The van der Waals surface area contributed by atoms with E-state index in [-0.39, 0.29) is 0 Å². The van der Waals surface area contributed by atoms with Crippen molar-refractivity contribution in [3.63, 3.8) is 0 Å². The van der Waals surface area contributed by atoms with Crippen LogP contribution in [0.2, 0.25) is 0 Å². The summed E-state index contributed by atoms with van der Waals surface area (Å²) in [6, 6.07) is 73.9. The van der Waals surface area contributed by atoms with E-state index in [4.69, 9.17) is 4.42 Å². The molecule has 0 aliphatic rings. The second-order valence-corrected chi connectivity index (χ2v) is 14.1. The number of para-hydroxylation sites is 4. The highest BCUT2D eigenvalue weighted by atomic mass is 16.3. The molecule has 9 aromatic carbocycles. The molecule has 11 rings (SSSR count). The first-order valence-corrected chi connectivity index (χ1v) is 18.8. The van der Waals surface area contributed by atoms with Gasteiger partial charge in [0, 0.05) is 38.8 Å². The minimum Gasteiger partial charge on any atom is -0.456 e. The van der Waals surface area contributed by atoms with Crippen molar-refractivity contribution in [3.05, 3.63) is 206 Å². The van der Waals surface area contributed by atoms with E-state index < -0.39 is 0 Å². The number of anilines is 3. The van der Waals surface area contributed by atoms with Crippen LogP contribution in [-0.2, 0) is 0 Å². The van der Waals surface area contributed by atoms with Crippen LogP contribution in [0.3, 0.4) is 0 Å². The lowest BCUT2D eigenvalue weighted by molar-refractivity contribution is 0.669. The van der Waals surface area contributed by atoms with Gasteiger partial charge in [0.1, 0.15) is 11.2 Å². The minimum atomic E-state index is 0.865. The number of benzene rings is 9. The molecule has 0 fully saturated rings. The molecular formula is C52H34N2O. The number of aromatic nitrogens is 1. The van der Waals surface area contributed by atoms with Crippen LogP contribution >= 0.6 is 0 Å². The van der Waals surface area contributed by atoms with Gasteiger partial charge in [-0.25, -0.2) is 0 Å². The highest BCUT2D eigenvalue weighted by Gasteiger charge is 2.21. The van der Waals surface area contributed by atoms with Crippen LogP contribution in [0.25, 0.3) is 82.5 Å². The van der Waals surface area contributed by atoms with Crippen LogP contribution in [0.4, 0.5) is 17.1 Å². The highest BCUT2D eigenvalue weighted by molar-refractivity contribution is 6.15. The zero-order valence-electron chi connectivity index (χ0n) is 29.9. The van der Waals surface area contributed by atoms with Crippen LogP contribution < -0.4 is 4.90 Å². The summed E-state index contributed by atoms with van der Waals surface area (Å²) in [5, 5.41) is 7.15. The molecular weight excluding hydrogens is 669 g/mol. The van der Waals surface area contributed by atoms with Gasteiger partial charge in [0.15, 0.2) is 0 Å². The van der Waals surface area contributed by atoms with E-state index in [1.807, 2.05) is 6.07 Å². The summed E-state index contributed by atoms with van der Waals surface area (Å²) in [5.74, 6) is 0. The molecule has 0 N–H and O–H groups in total. The Hall–Kier alpha value is -7.36. The van der Waals surface area contributed by atoms with Crippen molar-refractivity contribution in [1.29, 1.82) is 0 Å². The molecule has 0 saturated heterocycles. The number of furan rings is 1. The Kier molecular flexibility index (Phi) is 7.17. The Balaban J connectivity index is 1.13. The van der Waals surface area contributed by atoms with E-state index in [1.54, 1.807) is 0 Å². The molecule has 3 nitrogen and oxygen atoms in total. The number of hydrogen-bond acceptors (Lipinski definition) is 2. The maximum Gasteiger partial charge on any atom is 0.137 e. The Morgan fingerprint density at radius 1 is 0.400 bits per heavy atom. The van der Waals surface area contributed by atoms with Crippen molar-refractivity contribution >= 4 is 71.6 Å². The fraction of sp³-hybridized carbons (Fsp3) is 0. The largest absolute Gasteiger partial charge is 0.456 e. The predicted molar refractivity (Wildman–Crippen MR) is 231 cm³/mol. The molecule has 11 aromatic rings. The summed E-state index contributed by atoms with van der Waals surface area (Å²) in [4.78, 5) is 2.38. The summed E-state index contributed by atoms with van der Waals surface area (Å²) in [6.07, 6.45) is 0. The van der Waals surface area contributed by atoms with Crippen LogP contribution in [-0.4, -0.2) is 4.57 Å². The summed E-state index contributed by atoms with van der Waals surface area (Å²) < 4.78 is 8.84. The van der Waals surface area contributed by atoms with Gasteiger partial charge >= 0.3 is 0 Å². The third kappa shape index (κ3) is 5.05. The van der Waals surface area contributed by atoms with Crippen LogP contribution in [0.15, 0.2) is 211 Å². The first-order valence-electron chi connectivity index (χ1n) is 18.8. The molecule has 0 radical (unpaired) electrons. The molecule has 0 unspecified atom stereocenters. The standard InChI is InChI=1S/C52H34N2O/c1-2-17-38(18-3-1)54-47-26-8-6-21-44(47)45-25-12-24-43(52(45)54)37-16-10-19-40(34-37)53(48-27-13-29-50-51(48)46-22-7-9-28-49(46)55-50)39-32-30-36(31-33-39)42-23-11-15-35-14-4-5-20-41(35)42/h1-34H. The lowest BCUT2D eigenvalue weighted by Crippen LogP contribution is -2.10. The first kappa shape index (κ1) is 31.2. The smallest absolute Gasteiger partial charge is 0.137 e. The van der Waals surface area contributed by atoms with Crippen LogP contribution in [0.1, 0.15) is 0 Å². The van der Waals surface area contributed by atoms with E-state index in [2.05, 4.69) is 210 Å². The average molecular weight is 703 g/mol. The molecule has 2 heterocycles. The van der Waals surface area contributed by atoms with Gasteiger partial charge in [0.2, 0.25) is 0 Å². The van der Waals surface area contributed by atoms with Crippen LogP contribution in [0, 0.1) is 0 Å². The summed E-state index contributed by atoms with van der Waals surface area (Å²) >= 11 is 0. The summed E-state index contributed by atoms with van der Waals surface area (Å²) in [5.41, 5.74) is 13.2. The van der Waals surface area contributed by atoms with E-state index in [0.717, 1.165) is 50.3 Å². The maximum absolute atomic E-state index is 6.43. The average Bonchev–Trinajstić information content (AvgIpc) is 3.81. The minimum absolute atomic E-state index is 0.865. The molecule has 0 aliphatic heterocycles. The number of rotatable bonds is 6. The van der Waals surface area contributed by atoms with E-state index in [0.29, 0.717) is 0 Å². The van der Waals surface area contributed by atoms with Gasteiger partial charge < -0.3 is 13.9 Å². The third-order valence-corrected chi connectivity index (χ3v) is 11.0. The number of nitrogens with zero attached hydrogens (tertiary/aromatic N) is 2. The molecule has 3 heteroatoms. The highest BCUT2D eigenvalue weighted by Crippen LogP contribution is 2.45. The molecule has 258 valence electrons. The normalized spacial score (nSPS) is 11.6. The molecule has 0 amide bonds. The number of fused-ring (bicyclic) bond motifs is 7. The van der Waals surface area contributed by atoms with Gasteiger partial charge in [-0.1, -0.05) is 146 Å². The summed E-state index contributed by atoms with van der Waals surface area (Å²) in [7, 11) is 0. The first-order chi connectivity index (χ1) is 27.3. The van der Waals surface area contributed by atoms with Crippen LogP contribution in [0.5, 0.6) is 0 Å². The van der Waals surface area contributed by atoms with Gasteiger partial charge in [-0.05, 0) is 88.1 Å². The van der Waals surface area contributed by atoms with Gasteiger partial charge in [-0.15, -0.1) is 0 Å². The lowest BCUT2D eigenvalue weighted by atomic mass is 9.97. The van der Waals surface area contributed by atoms with Crippen molar-refractivity contribution in [2.75, 3.05) is 4.90 Å². The van der Waals surface area contributed by atoms with Gasteiger partial charge in [-0.3, -0.25) is 0 Å². The molecule has 0 aliphatic carbocycles. The third-order valence-electron chi connectivity index (χ3n) is 11.0. The van der Waals surface area contributed by atoms with Crippen molar-refractivity contribution in [1.82, 2.24) is 4.57 Å².